The van der Waals surface area contributed by atoms with Gasteiger partial charge in [0.25, 0.3) is 5.91 Å². The summed E-state index contributed by atoms with van der Waals surface area (Å²) >= 11 is 6.08. The van der Waals surface area contributed by atoms with E-state index in [4.69, 9.17) is 16.6 Å². The van der Waals surface area contributed by atoms with Crippen LogP contribution < -0.4 is 0 Å². The lowest BCUT2D eigenvalue weighted by Crippen LogP contribution is -2.28. The summed E-state index contributed by atoms with van der Waals surface area (Å²) in [6, 6.07) is 24.0. The highest BCUT2D eigenvalue weighted by Gasteiger charge is 2.28. The van der Waals surface area contributed by atoms with Crippen molar-refractivity contribution in [2.75, 3.05) is 13.1 Å². The van der Waals surface area contributed by atoms with Crippen LogP contribution in [0.3, 0.4) is 0 Å². The fourth-order valence-electron chi connectivity index (χ4n) is 5.20. The first-order chi connectivity index (χ1) is 18.5. The summed E-state index contributed by atoms with van der Waals surface area (Å²) in [7, 11) is 0. The number of aromatic nitrogens is 3. The Kier molecular flexibility index (Phi) is 6.64. The molecular formula is C31H26ClFN4O. The molecule has 1 saturated heterocycles. The van der Waals surface area contributed by atoms with E-state index in [0.29, 0.717) is 36.0 Å². The van der Waals surface area contributed by atoms with Crippen molar-refractivity contribution >= 4 is 28.5 Å². The summed E-state index contributed by atoms with van der Waals surface area (Å²) in [4.78, 5) is 24.5. The molecule has 0 radical (unpaired) electrons. The average molecular weight is 525 g/mol. The van der Waals surface area contributed by atoms with Gasteiger partial charge in [0.15, 0.2) is 0 Å². The first-order valence-corrected chi connectivity index (χ1v) is 13.1. The van der Waals surface area contributed by atoms with Gasteiger partial charge >= 0.3 is 0 Å². The summed E-state index contributed by atoms with van der Waals surface area (Å²) in [6.07, 6.45) is 5.19. The molecule has 6 rings (SSSR count). The molecule has 7 heteroatoms. The van der Waals surface area contributed by atoms with E-state index in [0.717, 1.165) is 41.0 Å². The highest BCUT2D eigenvalue weighted by molar-refractivity contribution is 6.30. The summed E-state index contributed by atoms with van der Waals surface area (Å²) in [5.41, 5.74) is 5.56. The summed E-state index contributed by atoms with van der Waals surface area (Å²) in [6.45, 7) is 1.95. The molecule has 1 aliphatic rings. The van der Waals surface area contributed by atoms with Crippen LogP contribution in [0, 0.1) is 5.82 Å². The van der Waals surface area contributed by atoms with E-state index in [-0.39, 0.29) is 11.7 Å². The van der Waals surface area contributed by atoms with E-state index in [2.05, 4.69) is 15.6 Å². The molecule has 1 atom stereocenters. The first-order valence-electron chi connectivity index (χ1n) is 12.7. The number of hydrogen-bond donors (Lipinski definition) is 0. The van der Waals surface area contributed by atoms with Gasteiger partial charge in [-0.3, -0.25) is 9.78 Å². The van der Waals surface area contributed by atoms with Crippen molar-refractivity contribution in [1.29, 1.82) is 0 Å². The van der Waals surface area contributed by atoms with Crippen molar-refractivity contribution < 1.29 is 9.18 Å². The van der Waals surface area contributed by atoms with Crippen LogP contribution in [0.15, 0.2) is 91.3 Å². The molecule has 0 spiro atoms. The van der Waals surface area contributed by atoms with Crippen LogP contribution in [-0.2, 0) is 13.0 Å². The van der Waals surface area contributed by atoms with Gasteiger partial charge in [-0.2, -0.15) is 0 Å². The Hall–Kier alpha value is -4.03. The van der Waals surface area contributed by atoms with Crippen molar-refractivity contribution in [3.63, 3.8) is 0 Å². The zero-order valence-electron chi connectivity index (χ0n) is 20.7. The molecule has 1 aliphatic heterocycles. The lowest BCUT2D eigenvalue weighted by Gasteiger charge is -2.17. The van der Waals surface area contributed by atoms with Gasteiger partial charge in [0.05, 0.1) is 11.0 Å². The third-order valence-corrected chi connectivity index (χ3v) is 7.49. The van der Waals surface area contributed by atoms with Gasteiger partial charge in [-0.1, -0.05) is 41.9 Å². The largest absolute Gasteiger partial charge is 0.338 e. The van der Waals surface area contributed by atoms with Crippen LogP contribution in [0.5, 0.6) is 0 Å². The molecule has 0 aliphatic carbocycles. The van der Waals surface area contributed by atoms with Crippen LogP contribution >= 0.6 is 11.6 Å². The quantitative estimate of drug-likeness (QED) is 0.255. The molecule has 1 amide bonds. The zero-order chi connectivity index (χ0) is 26.1. The van der Waals surface area contributed by atoms with Crippen LogP contribution in [-0.4, -0.2) is 38.4 Å². The van der Waals surface area contributed by atoms with Crippen molar-refractivity contribution in [2.45, 2.75) is 25.3 Å². The molecule has 2 aromatic heterocycles. The van der Waals surface area contributed by atoms with Crippen molar-refractivity contribution in [3.8, 4) is 0 Å². The molecule has 38 heavy (non-hydrogen) atoms. The minimum atomic E-state index is -0.263. The molecule has 1 unspecified atom stereocenters. The summed E-state index contributed by atoms with van der Waals surface area (Å²) in [5, 5.41) is 0.685. The maximum atomic E-state index is 13.5. The Bertz CT molecular complexity index is 1580. The van der Waals surface area contributed by atoms with E-state index in [1.54, 1.807) is 18.3 Å². The van der Waals surface area contributed by atoms with E-state index < -0.39 is 0 Å². The maximum absolute atomic E-state index is 13.5. The molecule has 3 heterocycles. The maximum Gasteiger partial charge on any atom is 0.253 e. The van der Waals surface area contributed by atoms with Crippen LogP contribution in [0.4, 0.5) is 4.39 Å². The van der Waals surface area contributed by atoms with Crippen molar-refractivity contribution in [2.24, 2.45) is 0 Å². The first kappa shape index (κ1) is 24.3. The molecule has 1 fully saturated rings. The number of amides is 1. The molecule has 5 nitrogen and oxygen atoms in total. The van der Waals surface area contributed by atoms with Gasteiger partial charge in [-0.25, -0.2) is 9.37 Å². The Morgan fingerprint density at radius 1 is 1.00 bits per heavy atom. The number of benzene rings is 3. The average Bonchev–Trinajstić information content (AvgIpc) is 3.56. The van der Waals surface area contributed by atoms with Crippen LogP contribution in [0.2, 0.25) is 5.02 Å². The number of imidazole rings is 1. The topological polar surface area (TPSA) is 51.0 Å². The number of nitrogens with zero attached hydrogens (tertiary/aromatic N) is 4. The SMILES string of the molecule is O=C(c1ccc2c(c1)nc(Cc1ccc(Cl)cc1)n2Cc1ccc(F)cc1)N1CCC(c2cccnc2)C1. The second-order valence-electron chi connectivity index (χ2n) is 9.77. The van der Waals surface area contributed by atoms with Crippen LogP contribution in [0.25, 0.3) is 11.0 Å². The molecule has 0 N–H and O–H groups in total. The predicted octanol–water partition coefficient (Wildman–Crippen LogP) is 6.49. The van der Waals surface area contributed by atoms with Crippen molar-refractivity contribution in [1.82, 2.24) is 19.4 Å². The monoisotopic (exact) mass is 524 g/mol. The predicted molar refractivity (Wildman–Crippen MR) is 147 cm³/mol. The summed E-state index contributed by atoms with van der Waals surface area (Å²) < 4.78 is 15.7. The molecular weight excluding hydrogens is 499 g/mol. The smallest absolute Gasteiger partial charge is 0.253 e. The number of halogens is 2. The number of carbonyl (C=O) groups excluding carboxylic acids is 1. The van der Waals surface area contributed by atoms with Crippen molar-refractivity contribution in [3.05, 3.63) is 130 Å². The minimum Gasteiger partial charge on any atom is -0.338 e. The van der Waals surface area contributed by atoms with Gasteiger partial charge < -0.3 is 9.47 Å². The summed E-state index contributed by atoms with van der Waals surface area (Å²) in [5.74, 6) is 0.929. The normalized spacial score (nSPS) is 15.3. The number of pyridine rings is 1. The zero-order valence-corrected chi connectivity index (χ0v) is 21.5. The molecule has 3 aromatic carbocycles. The van der Waals surface area contributed by atoms with Crippen LogP contribution in [0.1, 0.15) is 45.2 Å². The minimum absolute atomic E-state index is 0.0191. The fraction of sp³-hybridized carbons (Fsp3) is 0.194. The van der Waals surface area contributed by atoms with Gasteiger partial charge in [0, 0.05) is 55.0 Å². The van der Waals surface area contributed by atoms with Gasteiger partial charge in [0.2, 0.25) is 0 Å². The number of hydrogen-bond acceptors (Lipinski definition) is 3. The third-order valence-electron chi connectivity index (χ3n) is 7.23. The third kappa shape index (κ3) is 5.04. The highest BCUT2D eigenvalue weighted by Crippen LogP contribution is 2.29. The molecule has 5 aromatic rings. The number of carbonyl (C=O) groups is 1. The highest BCUT2D eigenvalue weighted by atomic mass is 35.5. The van der Waals surface area contributed by atoms with Gasteiger partial charge in [0.1, 0.15) is 11.6 Å². The standard InChI is InChI=1S/C31H26ClFN4O/c32-26-8-3-21(4-9-26)16-30-35-28-17-23(7-12-29(28)37(30)19-22-5-10-27(33)11-6-22)31(38)36-15-13-25(20-36)24-2-1-14-34-18-24/h1-12,14,17-18,25H,13,15-16,19-20H2. The fourth-order valence-corrected chi connectivity index (χ4v) is 5.32. The lowest BCUT2D eigenvalue weighted by atomic mass is 10.0. The van der Waals surface area contributed by atoms with E-state index in [1.165, 1.54) is 17.7 Å². The lowest BCUT2D eigenvalue weighted by molar-refractivity contribution is 0.0791. The number of fused-ring (bicyclic) bond motifs is 1. The Morgan fingerprint density at radius 3 is 2.55 bits per heavy atom. The van der Waals surface area contributed by atoms with Gasteiger partial charge in [-0.15, -0.1) is 0 Å². The molecule has 0 saturated carbocycles. The van der Waals surface area contributed by atoms with E-state index in [9.17, 15) is 9.18 Å². The Balaban J connectivity index is 1.30. The Morgan fingerprint density at radius 2 is 1.79 bits per heavy atom. The van der Waals surface area contributed by atoms with Gasteiger partial charge in [-0.05, 0) is 71.6 Å². The number of rotatable bonds is 6. The Labute approximate surface area is 225 Å². The second kappa shape index (κ2) is 10.4. The molecule has 190 valence electrons. The van der Waals surface area contributed by atoms with E-state index >= 15 is 0 Å². The number of likely N-dealkylation sites (tertiary alicyclic amines) is 1. The van der Waals surface area contributed by atoms with E-state index in [1.807, 2.05) is 59.6 Å². The molecule has 0 bridgehead atoms. The second-order valence-corrected chi connectivity index (χ2v) is 10.2.